The molecule has 5 nitrogen and oxygen atoms in total. The molecule has 5 aromatic rings. The lowest BCUT2D eigenvalue weighted by Crippen LogP contribution is -1.97. The van der Waals surface area contributed by atoms with E-state index in [9.17, 15) is 0 Å². The summed E-state index contributed by atoms with van der Waals surface area (Å²) in [5.74, 6) is 2.36. The van der Waals surface area contributed by atoms with Gasteiger partial charge in [0.05, 0.1) is 6.20 Å². The molecule has 3 aromatic carbocycles. The van der Waals surface area contributed by atoms with E-state index >= 15 is 0 Å². The van der Waals surface area contributed by atoms with Crippen LogP contribution in [0.4, 0.5) is 11.5 Å². The number of ether oxygens (including phenoxy) is 1. The molecule has 0 aliphatic heterocycles. The van der Waals surface area contributed by atoms with Crippen molar-refractivity contribution >= 4 is 17.2 Å². The van der Waals surface area contributed by atoms with Gasteiger partial charge in [0.25, 0.3) is 0 Å². The monoisotopic (exact) mass is 392 g/mol. The number of hydrogen-bond acceptors (Lipinski definition) is 4. The predicted octanol–water partition coefficient (Wildman–Crippen LogP) is 6.24. The van der Waals surface area contributed by atoms with Crippen molar-refractivity contribution in [3.05, 3.63) is 103 Å². The molecule has 0 bridgehead atoms. The molecule has 0 aliphatic rings. The van der Waals surface area contributed by atoms with Gasteiger partial charge in [0.1, 0.15) is 17.3 Å². The van der Waals surface area contributed by atoms with Crippen LogP contribution in [0.5, 0.6) is 11.5 Å². The van der Waals surface area contributed by atoms with Crippen LogP contribution in [0, 0.1) is 6.92 Å². The van der Waals surface area contributed by atoms with Crippen LogP contribution in [-0.2, 0) is 0 Å². The minimum absolute atomic E-state index is 0.758. The molecule has 0 saturated carbocycles. The van der Waals surface area contributed by atoms with Crippen LogP contribution < -0.4 is 10.1 Å². The van der Waals surface area contributed by atoms with E-state index in [0.29, 0.717) is 0 Å². The Bertz CT molecular complexity index is 1290. The van der Waals surface area contributed by atoms with Gasteiger partial charge < -0.3 is 10.1 Å². The standard InChI is InChI=1S/C25H20N4O/c1-18-6-5-7-19(16-18)23-17-26-29-15-14-24(28-25(23)29)27-20-10-12-22(13-11-20)30-21-8-3-2-4-9-21/h2-17H,1H3,(H,27,28). The van der Waals surface area contributed by atoms with Crippen LogP contribution in [-0.4, -0.2) is 14.6 Å². The Labute approximate surface area is 174 Å². The van der Waals surface area contributed by atoms with Gasteiger partial charge in [-0.1, -0.05) is 48.0 Å². The molecule has 146 valence electrons. The lowest BCUT2D eigenvalue weighted by atomic mass is 10.1. The Morgan fingerprint density at radius 3 is 2.43 bits per heavy atom. The third-order valence-electron chi connectivity index (χ3n) is 4.80. The maximum atomic E-state index is 5.85. The van der Waals surface area contributed by atoms with E-state index in [-0.39, 0.29) is 0 Å². The molecule has 5 rings (SSSR count). The maximum Gasteiger partial charge on any atom is 0.165 e. The average Bonchev–Trinajstić information content (AvgIpc) is 3.19. The fourth-order valence-corrected chi connectivity index (χ4v) is 3.33. The summed E-state index contributed by atoms with van der Waals surface area (Å²) in [6.07, 6.45) is 3.77. The number of anilines is 2. The van der Waals surface area contributed by atoms with Crippen LogP contribution in [0.25, 0.3) is 16.8 Å². The number of nitrogens with one attached hydrogen (secondary N) is 1. The van der Waals surface area contributed by atoms with Crippen molar-refractivity contribution in [2.45, 2.75) is 6.92 Å². The molecule has 1 N–H and O–H groups in total. The van der Waals surface area contributed by atoms with E-state index in [4.69, 9.17) is 9.72 Å². The summed E-state index contributed by atoms with van der Waals surface area (Å²) in [6.45, 7) is 2.08. The number of nitrogens with zero attached hydrogens (tertiary/aromatic N) is 3. The van der Waals surface area contributed by atoms with Gasteiger partial charge in [0.2, 0.25) is 0 Å². The van der Waals surface area contributed by atoms with E-state index < -0.39 is 0 Å². The third kappa shape index (κ3) is 3.73. The molecule has 0 aliphatic carbocycles. The molecule has 5 heteroatoms. The minimum atomic E-state index is 0.758. The first-order valence-electron chi connectivity index (χ1n) is 9.76. The topological polar surface area (TPSA) is 51.5 Å². The molecule has 2 aromatic heterocycles. The van der Waals surface area contributed by atoms with Gasteiger partial charge in [-0.15, -0.1) is 0 Å². The highest BCUT2D eigenvalue weighted by Gasteiger charge is 2.09. The van der Waals surface area contributed by atoms with Gasteiger partial charge in [-0.05, 0) is 55.0 Å². The van der Waals surface area contributed by atoms with Crippen molar-refractivity contribution in [2.24, 2.45) is 0 Å². The van der Waals surface area contributed by atoms with Crippen LogP contribution in [0.2, 0.25) is 0 Å². The summed E-state index contributed by atoms with van der Waals surface area (Å²) in [6, 6.07) is 27.8. The zero-order chi connectivity index (χ0) is 20.3. The third-order valence-corrected chi connectivity index (χ3v) is 4.80. The number of fused-ring (bicyclic) bond motifs is 1. The fourth-order valence-electron chi connectivity index (χ4n) is 3.33. The van der Waals surface area contributed by atoms with E-state index in [2.05, 4.69) is 41.6 Å². The quantitative estimate of drug-likeness (QED) is 0.385. The van der Waals surface area contributed by atoms with E-state index in [0.717, 1.165) is 39.8 Å². The summed E-state index contributed by atoms with van der Waals surface area (Å²) in [7, 11) is 0. The number of benzene rings is 3. The van der Waals surface area contributed by atoms with Crippen molar-refractivity contribution in [1.82, 2.24) is 14.6 Å². The lowest BCUT2D eigenvalue weighted by Gasteiger charge is -2.09. The predicted molar refractivity (Wildman–Crippen MR) is 119 cm³/mol. The number of para-hydroxylation sites is 1. The summed E-state index contributed by atoms with van der Waals surface area (Å²) < 4.78 is 7.64. The molecule has 30 heavy (non-hydrogen) atoms. The van der Waals surface area contributed by atoms with Gasteiger partial charge in [-0.2, -0.15) is 5.10 Å². The molecule has 0 unspecified atom stereocenters. The Morgan fingerprint density at radius 1 is 0.833 bits per heavy atom. The second kappa shape index (κ2) is 7.72. The highest BCUT2D eigenvalue weighted by Crippen LogP contribution is 2.27. The number of aryl methyl sites for hydroxylation is 1. The molecule has 0 radical (unpaired) electrons. The fraction of sp³-hybridized carbons (Fsp3) is 0.0400. The van der Waals surface area contributed by atoms with Crippen LogP contribution in [0.1, 0.15) is 5.56 Å². The van der Waals surface area contributed by atoms with Gasteiger partial charge >= 0.3 is 0 Å². The lowest BCUT2D eigenvalue weighted by molar-refractivity contribution is 0.483. The van der Waals surface area contributed by atoms with E-state index in [1.54, 1.807) is 4.52 Å². The Kier molecular flexibility index (Phi) is 4.62. The van der Waals surface area contributed by atoms with Crippen LogP contribution >= 0.6 is 0 Å². The molecule has 0 spiro atoms. The molecule has 0 saturated heterocycles. The summed E-state index contributed by atoms with van der Waals surface area (Å²) in [5.41, 5.74) is 5.07. The van der Waals surface area contributed by atoms with Crippen molar-refractivity contribution < 1.29 is 4.74 Å². The first-order valence-corrected chi connectivity index (χ1v) is 9.76. The van der Waals surface area contributed by atoms with Gasteiger partial charge in [-0.3, -0.25) is 0 Å². The normalized spacial score (nSPS) is 10.8. The van der Waals surface area contributed by atoms with Gasteiger partial charge in [0.15, 0.2) is 5.65 Å². The minimum Gasteiger partial charge on any atom is -0.457 e. The summed E-state index contributed by atoms with van der Waals surface area (Å²) in [4.78, 5) is 4.78. The molecular weight excluding hydrogens is 372 g/mol. The zero-order valence-electron chi connectivity index (χ0n) is 16.5. The number of hydrogen-bond donors (Lipinski definition) is 1. The van der Waals surface area contributed by atoms with E-state index in [1.807, 2.05) is 73.1 Å². The van der Waals surface area contributed by atoms with Gasteiger partial charge in [0, 0.05) is 17.4 Å². The second-order valence-corrected chi connectivity index (χ2v) is 7.07. The van der Waals surface area contributed by atoms with Crippen molar-refractivity contribution in [1.29, 1.82) is 0 Å². The molecule has 0 atom stereocenters. The van der Waals surface area contributed by atoms with Crippen LogP contribution in [0.15, 0.2) is 97.3 Å². The summed E-state index contributed by atoms with van der Waals surface area (Å²) in [5, 5.41) is 7.79. The summed E-state index contributed by atoms with van der Waals surface area (Å²) >= 11 is 0. The highest BCUT2D eigenvalue weighted by atomic mass is 16.5. The maximum absolute atomic E-state index is 5.85. The molecule has 2 heterocycles. The Balaban J connectivity index is 1.38. The second-order valence-electron chi connectivity index (χ2n) is 7.07. The van der Waals surface area contributed by atoms with Crippen LogP contribution in [0.3, 0.4) is 0 Å². The highest BCUT2D eigenvalue weighted by molar-refractivity contribution is 5.78. The van der Waals surface area contributed by atoms with Crippen molar-refractivity contribution in [3.63, 3.8) is 0 Å². The SMILES string of the molecule is Cc1cccc(-c2cnn3ccc(Nc4ccc(Oc5ccccc5)cc4)nc23)c1. The smallest absolute Gasteiger partial charge is 0.165 e. The zero-order valence-corrected chi connectivity index (χ0v) is 16.5. The number of rotatable bonds is 5. The van der Waals surface area contributed by atoms with E-state index in [1.165, 1.54) is 5.56 Å². The molecule has 0 fully saturated rings. The van der Waals surface area contributed by atoms with Gasteiger partial charge in [-0.25, -0.2) is 9.50 Å². The Morgan fingerprint density at radius 2 is 1.63 bits per heavy atom. The average molecular weight is 392 g/mol. The number of aromatic nitrogens is 3. The first kappa shape index (κ1) is 17.9. The largest absolute Gasteiger partial charge is 0.457 e. The Hall–Kier alpha value is -4.12. The molecule has 0 amide bonds. The first-order chi connectivity index (χ1) is 14.7. The van der Waals surface area contributed by atoms with Crippen molar-refractivity contribution in [3.8, 4) is 22.6 Å². The molecular formula is C25H20N4O. The van der Waals surface area contributed by atoms with Crippen molar-refractivity contribution in [2.75, 3.05) is 5.32 Å².